The van der Waals surface area contributed by atoms with E-state index in [9.17, 15) is 9.59 Å². The number of nitrogens with one attached hydrogen (secondary N) is 2. The Bertz CT molecular complexity index is 586. The van der Waals surface area contributed by atoms with Crippen LogP contribution in [0.25, 0.3) is 0 Å². The van der Waals surface area contributed by atoms with Gasteiger partial charge in [-0.25, -0.2) is 0 Å². The van der Waals surface area contributed by atoms with E-state index < -0.39 is 5.54 Å². The Labute approximate surface area is 145 Å². The molecule has 0 fully saturated rings. The van der Waals surface area contributed by atoms with Gasteiger partial charge in [-0.05, 0) is 50.8 Å². The summed E-state index contributed by atoms with van der Waals surface area (Å²) >= 11 is 0. The highest BCUT2D eigenvalue weighted by Crippen LogP contribution is 2.17. The molecule has 0 bridgehead atoms. The molecule has 24 heavy (non-hydrogen) atoms. The lowest BCUT2D eigenvalue weighted by molar-refractivity contribution is -0.148. The van der Waals surface area contributed by atoms with E-state index in [0.29, 0.717) is 6.42 Å². The lowest BCUT2D eigenvalue weighted by atomic mass is 9.96. The third-order valence-corrected chi connectivity index (χ3v) is 4.43. The summed E-state index contributed by atoms with van der Waals surface area (Å²) in [6.07, 6.45) is 1.43. The molecular formula is C19H30N2O3. The summed E-state index contributed by atoms with van der Waals surface area (Å²) in [6, 6.07) is 6.08. The molecule has 1 rings (SSSR count). The SMILES string of the molecule is CCC[C@@](C)(NCC(=O)N[C@H](C)c1ccc(C)c(C)c1)C(=O)OC. The number of aryl methyl sites for hydroxylation is 2. The first-order valence-electron chi connectivity index (χ1n) is 8.43. The van der Waals surface area contributed by atoms with Gasteiger partial charge in [0.05, 0.1) is 19.7 Å². The van der Waals surface area contributed by atoms with E-state index in [4.69, 9.17) is 4.74 Å². The molecule has 0 unspecified atom stereocenters. The molecule has 2 N–H and O–H groups in total. The smallest absolute Gasteiger partial charge is 0.325 e. The van der Waals surface area contributed by atoms with Crippen molar-refractivity contribution in [3.05, 3.63) is 34.9 Å². The molecule has 1 aromatic carbocycles. The maximum Gasteiger partial charge on any atom is 0.325 e. The van der Waals surface area contributed by atoms with Crippen LogP contribution in [0.5, 0.6) is 0 Å². The molecule has 0 saturated heterocycles. The van der Waals surface area contributed by atoms with Gasteiger partial charge in [0.2, 0.25) is 5.91 Å². The van der Waals surface area contributed by atoms with Crippen molar-refractivity contribution in [1.82, 2.24) is 10.6 Å². The van der Waals surface area contributed by atoms with Gasteiger partial charge in [-0.3, -0.25) is 14.9 Å². The monoisotopic (exact) mass is 334 g/mol. The molecular weight excluding hydrogens is 304 g/mol. The van der Waals surface area contributed by atoms with E-state index in [0.717, 1.165) is 12.0 Å². The highest BCUT2D eigenvalue weighted by molar-refractivity contribution is 5.83. The maximum atomic E-state index is 12.2. The molecule has 0 aliphatic rings. The van der Waals surface area contributed by atoms with Crippen LogP contribution in [-0.2, 0) is 14.3 Å². The fourth-order valence-electron chi connectivity index (χ4n) is 2.67. The van der Waals surface area contributed by atoms with Crippen molar-refractivity contribution in [3.63, 3.8) is 0 Å². The van der Waals surface area contributed by atoms with Crippen LogP contribution < -0.4 is 10.6 Å². The highest BCUT2D eigenvalue weighted by atomic mass is 16.5. The maximum absolute atomic E-state index is 12.2. The molecule has 0 spiro atoms. The second-order valence-corrected chi connectivity index (χ2v) is 6.56. The van der Waals surface area contributed by atoms with Crippen molar-refractivity contribution < 1.29 is 14.3 Å². The zero-order chi connectivity index (χ0) is 18.3. The Morgan fingerprint density at radius 1 is 1.25 bits per heavy atom. The van der Waals surface area contributed by atoms with Crippen LogP contribution in [0.3, 0.4) is 0 Å². The van der Waals surface area contributed by atoms with Crippen molar-refractivity contribution in [2.45, 2.75) is 59.0 Å². The zero-order valence-corrected chi connectivity index (χ0v) is 15.7. The number of ether oxygens (including phenoxy) is 1. The minimum Gasteiger partial charge on any atom is -0.468 e. The molecule has 0 radical (unpaired) electrons. The Morgan fingerprint density at radius 3 is 2.46 bits per heavy atom. The minimum atomic E-state index is -0.843. The van der Waals surface area contributed by atoms with Crippen LogP contribution in [-0.4, -0.2) is 31.1 Å². The number of rotatable bonds is 8. The predicted molar refractivity (Wildman–Crippen MR) is 95.8 cm³/mol. The molecule has 0 aliphatic carbocycles. The highest BCUT2D eigenvalue weighted by Gasteiger charge is 2.33. The molecule has 5 heteroatoms. The number of esters is 1. The van der Waals surface area contributed by atoms with Gasteiger partial charge in [0.25, 0.3) is 0 Å². The van der Waals surface area contributed by atoms with Crippen molar-refractivity contribution in [2.24, 2.45) is 0 Å². The second-order valence-electron chi connectivity index (χ2n) is 6.56. The average molecular weight is 334 g/mol. The largest absolute Gasteiger partial charge is 0.468 e. The topological polar surface area (TPSA) is 67.4 Å². The lowest BCUT2D eigenvalue weighted by Crippen LogP contribution is -2.53. The second kappa shape index (κ2) is 8.83. The first-order valence-corrected chi connectivity index (χ1v) is 8.43. The fourth-order valence-corrected chi connectivity index (χ4v) is 2.67. The summed E-state index contributed by atoms with van der Waals surface area (Å²) < 4.78 is 4.84. The number of methoxy groups -OCH3 is 1. The van der Waals surface area contributed by atoms with E-state index in [2.05, 4.69) is 36.6 Å². The first kappa shape index (κ1) is 20.2. The molecule has 1 aromatic rings. The molecule has 0 aliphatic heterocycles. The van der Waals surface area contributed by atoms with E-state index in [1.54, 1.807) is 6.92 Å². The fraction of sp³-hybridized carbons (Fsp3) is 0.579. The number of hydrogen-bond acceptors (Lipinski definition) is 4. The van der Waals surface area contributed by atoms with E-state index >= 15 is 0 Å². The van der Waals surface area contributed by atoms with Crippen LogP contribution in [0.2, 0.25) is 0 Å². The zero-order valence-electron chi connectivity index (χ0n) is 15.7. The Morgan fingerprint density at radius 2 is 1.92 bits per heavy atom. The van der Waals surface area contributed by atoms with Gasteiger partial charge in [-0.1, -0.05) is 31.5 Å². The molecule has 0 aromatic heterocycles. The minimum absolute atomic E-state index is 0.0702. The van der Waals surface area contributed by atoms with Crippen molar-refractivity contribution in [1.29, 1.82) is 0 Å². The van der Waals surface area contributed by atoms with E-state index in [1.165, 1.54) is 18.2 Å². The van der Waals surface area contributed by atoms with Gasteiger partial charge in [0.15, 0.2) is 0 Å². The van der Waals surface area contributed by atoms with Crippen LogP contribution in [0, 0.1) is 13.8 Å². The third kappa shape index (κ3) is 5.34. The predicted octanol–water partition coefficient (Wildman–Crippen LogP) is 2.80. The first-order chi connectivity index (χ1) is 11.2. The van der Waals surface area contributed by atoms with E-state index in [1.807, 2.05) is 19.9 Å². The quantitative estimate of drug-likeness (QED) is 0.718. The van der Waals surface area contributed by atoms with Crippen LogP contribution in [0.15, 0.2) is 18.2 Å². The average Bonchev–Trinajstić information content (AvgIpc) is 2.54. The van der Waals surface area contributed by atoms with E-state index in [-0.39, 0.29) is 24.5 Å². The standard InChI is InChI=1S/C19H30N2O3/c1-7-10-19(5,18(23)24-6)20-12-17(22)21-15(4)16-9-8-13(2)14(3)11-16/h8-9,11,15,20H,7,10,12H2,1-6H3,(H,21,22)/t15-,19-/m1/s1. The summed E-state index contributed by atoms with van der Waals surface area (Å²) in [7, 11) is 1.36. The van der Waals surface area contributed by atoms with Crippen molar-refractivity contribution in [3.8, 4) is 0 Å². The van der Waals surface area contributed by atoms with Crippen LogP contribution >= 0.6 is 0 Å². The number of benzene rings is 1. The molecule has 1 amide bonds. The summed E-state index contributed by atoms with van der Waals surface area (Å²) in [5.41, 5.74) is 2.65. The Balaban J connectivity index is 2.64. The van der Waals surface area contributed by atoms with Gasteiger partial charge in [-0.15, -0.1) is 0 Å². The third-order valence-electron chi connectivity index (χ3n) is 4.43. The molecule has 134 valence electrons. The number of carbonyl (C=O) groups is 2. The summed E-state index contributed by atoms with van der Waals surface area (Å²) in [5, 5.41) is 6.00. The molecule has 5 nitrogen and oxygen atoms in total. The lowest BCUT2D eigenvalue weighted by Gasteiger charge is -2.27. The van der Waals surface area contributed by atoms with Gasteiger partial charge in [-0.2, -0.15) is 0 Å². The summed E-state index contributed by atoms with van der Waals surface area (Å²) in [5.74, 6) is -0.494. The van der Waals surface area contributed by atoms with Crippen molar-refractivity contribution in [2.75, 3.05) is 13.7 Å². The normalized spacial score (nSPS) is 14.6. The molecule has 2 atom stereocenters. The van der Waals surface area contributed by atoms with Gasteiger partial charge in [0.1, 0.15) is 5.54 Å². The van der Waals surface area contributed by atoms with Crippen LogP contribution in [0.4, 0.5) is 0 Å². The van der Waals surface area contributed by atoms with Gasteiger partial charge < -0.3 is 10.1 Å². The van der Waals surface area contributed by atoms with Gasteiger partial charge >= 0.3 is 5.97 Å². The number of amides is 1. The Hall–Kier alpha value is -1.88. The number of carbonyl (C=O) groups excluding carboxylic acids is 2. The summed E-state index contributed by atoms with van der Waals surface area (Å²) in [6.45, 7) is 9.90. The Kier molecular flexibility index (Phi) is 7.42. The molecule has 0 saturated carbocycles. The van der Waals surface area contributed by atoms with Crippen LogP contribution in [0.1, 0.15) is 56.3 Å². The molecule has 0 heterocycles. The number of hydrogen-bond donors (Lipinski definition) is 2. The summed E-state index contributed by atoms with van der Waals surface area (Å²) in [4.78, 5) is 24.1. The van der Waals surface area contributed by atoms with Crippen molar-refractivity contribution >= 4 is 11.9 Å². The van der Waals surface area contributed by atoms with Gasteiger partial charge in [0, 0.05) is 0 Å².